The van der Waals surface area contributed by atoms with Crippen molar-refractivity contribution in [2.75, 3.05) is 0 Å². The van der Waals surface area contributed by atoms with Crippen LogP contribution in [0, 0.1) is 0 Å². The molecule has 2 N–H and O–H groups in total. The molecule has 0 bridgehead atoms. The van der Waals surface area contributed by atoms with Gasteiger partial charge in [-0.25, -0.2) is 0 Å². The molecule has 0 atom stereocenters. The summed E-state index contributed by atoms with van der Waals surface area (Å²) in [5.41, 5.74) is 6.19. The molecular formula is C13H7BrCl3NOS. The van der Waals surface area contributed by atoms with Gasteiger partial charge >= 0.3 is 0 Å². The fourth-order valence-electron chi connectivity index (χ4n) is 1.48. The SMILES string of the molecule is NC(=S)c1cc(Cl)ccc1Oc1cc(Cl)c(Br)cc1Cl. The Balaban J connectivity index is 2.45. The molecule has 2 nitrogen and oxygen atoms in total. The zero-order valence-electron chi connectivity index (χ0n) is 9.79. The molecule has 0 unspecified atom stereocenters. The molecule has 0 spiro atoms. The van der Waals surface area contributed by atoms with Gasteiger partial charge in [0.2, 0.25) is 0 Å². The summed E-state index contributed by atoms with van der Waals surface area (Å²) in [7, 11) is 0. The highest BCUT2D eigenvalue weighted by molar-refractivity contribution is 9.10. The van der Waals surface area contributed by atoms with Crippen LogP contribution >= 0.6 is 63.0 Å². The van der Waals surface area contributed by atoms with Crippen LogP contribution in [0.3, 0.4) is 0 Å². The van der Waals surface area contributed by atoms with Crippen molar-refractivity contribution in [3.05, 3.63) is 55.4 Å². The molecule has 20 heavy (non-hydrogen) atoms. The molecule has 0 saturated heterocycles. The predicted octanol–water partition coefficient (Wildman–Crippen LogP) is 5.84. The maximum atomic E-state index is 6.11. The van der Waals surface area contributed by atoms with Crippen molar-refractivity contribution in [1.82, 2.24) is 0 Å². The minimum Gasteiger partial charge on any atom is -0.455 e. The maximum Gasteiger partial charge on any atom is 0.147 e. The highest BCUT2D eigenvalue weighted by Gasteiger charge is 2.12. The van der Waals surface area contributed by atoms with Gasteiger partial charge in [-0.1, -0.05) is 47.0 Å². The summed E-state index contributed by atoms with van der Waals surface area (Å²) in [6.07, 6.45) is 0. The van der Waals surface area contributed by atoms with Crippen molar-refractivity contribution in [2.24, 2.45) is 5.73 Å². The van der Waals surface area contributed by atoms with E-state index in [1.165, 1.54) is 0 Å². The quantitative estimate of drug-likeness (QED) is 0.509. The molecule has 0 fully saturated rings. The number of ether oxygens (including phenoxy) is 1. The van der Waals surface area contributed by atoms with Crippen LogP contribution in [0.4, 0.5) is 0 Å². The third-order valence-electron chi connectivity index (χ3n) is 2.40. The van der Waals surface area contributed by atoms with Crippen molar-refractivity contribution < 1.29 is 4.74 Å². The highest BCUT2D eigenvalue weighted by atomic mass is 79.9. The first-order valence-corrected chi connectivity index (χ1v) is 7.63. The van der Waals surface area contributed by atoms with E-state index in [1.807, 2.05) is 0 Å². The van der Waals surface area contributed by atoms with Crippen LogP contribution in [0.15, 0.2) is 34.8 Å². The largest absolute Gasteiger partial charge is 0.455 e. The van der Waals surface area contributed by atoms with Gasteiger partial charge < -0.3 is 10.5 Å². The van der Waals surface area contributed by atoms with Gasteiger partial charge in [-0.15, -0.1) is 0 Å². The molecule has 0 amide bonds. The minimum absolute atomic E-state index is 0.182. The molecule has 0 aromatic heterocycles. The average Bonchev–Trinajstić information content (AvgIpc) is 2.37. The minimum atomic E-state index is 0.182. The molecule has 104 valence electrons. The van der Waals surface area contributed by atoms with Crippen LogP contribution in [0.5, 0.6) is 11.5 Å². The van der Waals surface area contributed by atoms with Crippen LogP contribution in [-0.4, -0.2) is 4.99 Å². The zero-order chi connectivity index (χ0) is 14.9. The molecule has 0 aliphatic rings. The second kappa shape index (κ2) is 6.50. The van der Waals surface area contributed by atoms with E-state index in [0.717, 1.165) is 0 Å². The molecule has 7 heteroatoms. The van der Waals surface area contributed by atoms with Crippen LogP contribution < -0.4 is 10.5 Å². The average molecular weight is 412 g/mol. The Kier molecular flexibility index (Phi) is 5.15. The van der Waals surface area contributed by atoms with E-state index in [9.17, 15) is 0 Å². The zero-order valence-corrected chi connectivity index (χ0v) is 14.5. The van der Waals surface area contributed by atoms with Crippen LogP contribution in [0.25, 0.3) is 0 Å². The van der Waals surface area contributed by atoms with Crippen LogP contribution in [-0.2, 0) is 0 Å². The van der Waals surface area contributed by atoms with E-state index in [-0.39, 0.29) is 4.99 Å². The maximum absolute atomic E-state index is 6.11. The number of hydrogen-bond acceptors (Lipinski definition) is 2. The lowest BCUT2D eigenvalue weighted by Gasteiger charge is -2.12. The summed E-state index contributed by atoms with van der Waals surface area (Å²) in [4.78, 5) is 0.182. The first-order chi connectivity index (χ1) is 9.38. The third-order valence-corrected chi connectivity index (χ3v) is 4.35. The van der Waals surface area contributed by atoms with Gasteiger partial charge in [0.1, 0.15) is 16.5 Å². The Morgan fingerprint density at radius 1 is 1.05 bits per heavy atom. The van der Waals surface area contributed by atoms with E-state index in [4.69, 9.17) is 57.5 Å². The molecule has 0 heterocycles. The van der Waals surface area contributed by atoms with E-state index in [1.54, 1.807) is 30.3 Å². The second-order valence-electron chi connectivity index (χ2n) is 3.80. The Hall–Kier alpha value is -0.520. The molecule has 0 saturated carbocycles. The topological polar surface area (TPSA) is 35.2 Å². The van der Waals surface area contributed by atoms with E-state index in [2.05, 4.69) is 15.9 Å². The van der Waals surface area contributed by atoms with Crippen molar-refractivity contribution >= 4 is 67.9 Å². The van der Waals surface area contributed by atoms with Crippen molar-refractivity contribution in [3.63, 3.8) is 0 Å². The number of rotatable bonds is 3. The van der Waals surface area contributed by atoms with Crippen molar-refractivity contribution in [1.29, 1.82) is 0 Å². The standard InChI is InChI=1S/C13H7BrCl3NOS/c14-8-4-10(17)12(5-9(8)16)19-11-2-1-6(15)3-7(11)13(18)20/h1-5H,(H2,18,20). The lowest BCUT2D eigenvalue weighted by molar-refractivity contribution is 0.482. The third kappa shape index (κ3) is 3.57. The van der Waals surface area contributed by atoms with E-state index in [0.29, 0.717) is 36.6 Å². The molecule has 2 aromatic carbocycles. The Morgan fingerprint density at radius 2 is 1.75 bits per heavy atom. The number of hydrogen-bond donors (Lipinski definition) is 1. The van der Waals surface area contributed by atoms with Gasteiger partial charge in [0.25, 0.3) is 0 Å². The molecule has 0 aliphatic carbocycles. The van der Waals surface area contributed by atoms with Gasteiger partial charge in [-0.2, -0.15) is 0 Å². The summed E-state index contributed by atoms with van der Waals surface area (Å²) >= 11 is 26.3. The second-order valence-corrected chi connectivity index (χ2v) is 6.35. The summed E-state index contributed by atoms with van der Waals surface area (Å²) < 4.78 is 6.41. The number of thiocarbonyl (C=S) groups is 1. The van der Waals surface area contributed by atoms with Crippen molar-refractivity contribution in [3.8, 4) is 11.5 Å². The van der Waals surface area contributed by atoms with Gasteiger partial charge in [0.05, 0.1) is 15.6 Å². The summed E-state index contributed by atoms with van der Waals surface area (Å²) in [6, 6.07) is 8.23. The van der Waals surface area contributed by atoms with Gasteiger partial charge in [0.15, 0.2) is 0 Å². The summed E-state index contributed by atoms with van der Waals surface area (Å²) in [5.74, 6) is 0.863. The fraction of sp³-hybridized carbons (Fsp3) is 0. The van der Waals surface area contributed by atoms with Crippen LogP contribution in [0.2, 0.25) is 15.1 Å². The Bertz CT molecular complexity index is 694. The number of halogens is 4. The first kappa shape index (κ1) is 15.9. The van der Waals surface area contributed by atoms with E-state index >= 15 is 0 Å². The van der Waals surface area contributed by atoms with Gasteiger partial charge in [0, 0.05) is 15.6 Å². The van der Waals surface area contributed by atoms with Crippen molar-refractivity contribution in [2.45, 2.75) is 0 Å². The Morgan fingerprint density at radius 3 is 2.40 bits per heavy atom. The van der Waals surface area contributed by atoms with Gasteiger partial charge in [-0.05, 0) is 40.2 Å². The monoisotopic (exact) mass is 409 g/mol. The summed E-state index contributed by atoms with van der Waals surface area (Å²) in [6.45, 7) is 0. The molecule has 0 radical (unpaired) electrons. The van der Waals surface area contributed by atoms with E-state index < -0.39 is 0 Å². The first-order valence-electron chi connectivity index (χ1n) is 5.30. The number of nitrogens with two attached hydrogens (primary N) is 1. The van der Waals surface area contributed by atoms with Crippen LogP contribution in [0.1, 0.15) is 5.56 Å². The summed E-state index contributed by atoms with van der Waals surface area (Å²) in [5, 5.41) is 1.40. The molecule has 0 aliphatic heterocycles. The lowest BCUT2D eigenvalue weighted by atomic mass is 10.2. The van der Waals surface area contributed by atoms with Gasteiger partial charge in [-0.3, -0.25) is 0 Å². The highest BCUT2D eigenvalue weighted by Crippen LogP contribution is 2.37. The molecule has 2 aromatic rings. The molecule has 2 rings (SSSR count). The predicted molar refractivity (Wildman–Crippen MR) is 91.6 cm³/mol. The normalized spacial score (nSPS) is 10.4. The smallest absolute Gasteiger partial charge is 0.147 e. The lowest BCUT2D eigenvalue weighted by Crippen LogP contribution is -2.10. The fourth-order valence-corrected chi connectivity index (χ4v) is 2.65. The number of benzene rings is 2. The molecular weight excluding hydrogens is 404 g/mol. The Labute approximate surface area is 144 Å².